The number of aryl methyl sites for hydroxylation is 1. The third-order valence-corrected chi connectivity index (χ3v) is 4.10. The van der Waals surface area contributed by atoms with E-state index in [4.69, 9.17) is 4.74 Å². The van der Waals surface area contributed by atoms with E-state index < -0.39 is 0 Å². The molecule has 0 bridgehead atoms. The molecule has 2 atom stereocenters. The molecule has 0 spiro atoms. The summed E-state index contributed by atoms with van der Waals surface area (Å²) in [6.45, 7) is 5.53. The first kappa shape index (κ1) is 13.4. The lowest BCUT2D eigenvalue weighted by atomic mass is 9.78. The second kappa shape index (κ2) is 6.24. The minimum atomic E-state index is 0.613. The number of methoxy groups -OCH3 is 1. The SMILES string of the molecule is CCNC(CC)C1CCCc2cc(OC)ccc21. The summed E-state index contributed by atoms with van der Waals surface area (Å²) in [4.78, 5) is 0. The lowest BCUT2D eigenvalue weighted by molar-refractivity contribution is 0.385. The van der Waals surface area contributed by atoms with Crippen LogP contribution in [0.3, 0.4) is 0 Å². The molecule has 0 aromatic heterocycles. The summed E-state index contributed by atoms with van der Waals surface area (Å²) in [5, 5.41) is 3.64. The number of fused-ring (bicyclic) bond motifs is 1. The van der Waals surface area contributed by atoms with E-state index in [9.17, 15) is 0 Å². The molecule has 1 aromatic rings. The molecule has 0 fully saturated rings. The summed E-state index contributed by atoms with van der Waals surface area (Å²) < 4.78 is 5.33. The van der Waals surface area contributed by atoms with Crippen molar-refractivity contribution in [2.75, 3.05) is 13.7 Å². The molecule has 1 aliphatic rings. The Bertz CT molecular complexity index is 389. The second-order valence-electron chi connectivity index (χ2n) is 5.14. The van der Waals surface area contributed by atoms with Gasteiger partial charge in [-0.25, -0.2) is 0 Å². The first-order valence-corrected chi connectivity index (χ1v) is 7.20. The van der Waals surface area contributed by atoms with Gasteiger partial charge in [-0.1, -0.05) is 19.9 Å². The Morgan fingerprint density at radius 1 is 1.39 bits per heavy atom. The van der Waals surface area contributed by atoms with Crippen LogP contribution in [0, 0.1) is 0 Å². The number of rotatable bonds is 5. The lowest BCUT2D eigenvalue weighted by Crippen LogP contribution is -2.35. The average Bonchev–Trinajstić information content (AvgIpc) is 2.43. The fraction of sp³-hybridized carbons (Fsp3) is 0.625. The number of benzene rings is 1. The number of hydrogen-bond donors (Lipinski definition) is 1. The number of nitrogens with one attached hydrogen (secondary N) is 1. The monoisotopic (exact) mass is 247 g/mol. The van der Waals surface area contributed by atoms with Crippen LogP contribution in [-0.4, -0.2) is 19.7 Å². The maximum atomic E-state index is 5.33. The summed E-state index contributed by atoms with van der Waals surface area (Å²) in [6.07, 6.45) is 5.01. The molecule has 100 valence electrons. The van der Waals surface area contributed by atoms with Gasteiger partial charge in [-0.15, -0.1) is 0 Å². The van der Waals surface area contributed by atoms with Gasteiger partial charge >= 0.3 is 0 Å². The van der Waals surface area contributed by atoms with Crippen LogP contribution in [0.4, 0.5) is 0 Å². The molecule has 2 unspecified atom stereocenters. The number of hydrogen-bond acceptors (Lipinski definition) is 2. The van der Waals surface area contributed by atoms with Crippen LogP contribution in [0.1, 0.15) is 50.2 Å². The molecule has 1 aromatic carbocycles. The van der Waals surface area contributed by atoms with Crippen LogP contribution in [0.25, 0.3) is 0 Å². The molecule has 0 heterocycles. The first-order chi connectivity index (χ1) is 8.80. The maximum Gasteiger partial charge on any atom is 0.119 e. The van der Waals surface area contributed by atoms with Gasteiger partial charge in [0.05, 0.1) is 7.11 Å². The first-order valence-electron chi connectivity index (χ1n) is 7.20. The van der Waals surface area contributed by atoms with Crippen molar-refractivity contribution >= 4 is 0 Å². The highest BCUT2D eigenvalue weighted by molar-refractivity contribution is 5.40. The van der Waals surface area contributed by atoms with Crippen molar-refractivity contribution in [2.24, 2.45) is 0 Å². The fourth-order valence-electron chi connectivity index (χ4n) is 3.21. The molecule has 18 heavy (non-hydrogen) atoms. The van der Waals surface area contributed by atoms with E-state index >= 15 is 0 Å². The predicted octanol–water partition coefficient (Wildman–Crippen LogP) is 3.50. The highest BCUT2D eigenvalue weighted by Gasteiger charge is 2.26. The minimum absolute atomic E-state index is 0.613. The van der Waals surface area contributed by atoms with Gasteiger partial charge in [-0.05, 0) is 61.4 Å². The van der Waals surface area contributed by atoms with Crippen molar-refractivity contribution in [3.05, 3.63) is 29.3 Å². The van der Waals surface area contributed by atoms with Crippen LogP contribution >= 0.6 is 0 Å². The quantitative estimate of drug-likeness (QED) is 0.860. The summed E-state index contributed by atoms with van der Waals surface area (Å²) in [7, 11) is 1.75. The van der Waals surface area contributed by atoms with E-state index in [1.54, 1.807) is 7.11 Å². The molecule has 0 saturated heterocycles. The van der Waals surface area contributed by atoms with Crippen molar-refractivity contribution in [2.45, 2.75) is 51.5 Å². The van der Waals surface area contributed by atoms with E-state index in [-0.39, 0.29) is 0 Å². The highest BCUT2D eigenvalue weighted by atomic mass is 16.5. The highest BCUT2D eigenvalue weighted by Crippen LogP contribution is 2.36. The predicted molar refractivity (Wildman–Crippen MR) is 76.4 cm³/mol. The van der Waals surface area contributed by atoms with E-state index in [0.717, 1.165) is 12.3 Å². The van der Waals surface area contributed by atoms with Gasteiger partial charge in [0.1, 0.15) is 5.75 Å². The maximum absolute atomic E-state index is 5.33. The molecule has 0 saturated carbocycles. The third-order valence-electron chi connectivity index (χ3n) is 4.10. The minimum Gasteiger partial charge on any atom is -0.497 e. The topological polar surface area (TPSA) is 21.3 Å². The zero-order valence-corrected chi connectivity index (χ0v) is 11.8. The fourth-order valence-corrected chi connectivity index (χ4v) is 3.21. The van der Waals surface area contributed by atoms with Gasteiger partial charge < -0.3 is 10.1 Å². The van der Waals surface area contributed by atoms with Crippen LogP contribution in [0.2, 0.25) is 0 Å². The van der Waals surface area contributed by atoms with Gasteiger partial charge in [-0.2, -0.15) is 0 Å². The zero-order valence-electron chi connectivity index (χ0n) is 11.8. The Kier molecular flexibility index (Phi) is 4.65. The van der Waals surface area contributed by atoms with Gasteiger partial charge in [0.15, 0.2) is 0 Å². The summed E-state index contributed by atoms with van der Waals surface area (Å²) in [5.74, 6) is 1.66. The van der Waals surface area contributed by atoms with Crippen molar-refractivity contribution in [1.29, 1.82) is 0 Å². The largest absolute Gasteiger partial charge is 0.497 e. The molecule has 0 radical (unpaired) electrons. The molecule has 1 aliphatic carbocycles. The van der Waals surface area contributed by atoms with Crippen LogP contribution in [-0.2, 0) is 6.42 Å². The molecule has 2 heteroatoms. The van der Waals surface area contributed by atoms with Crippen LogP contribution in [0.15, 0.2) is 18.2 Å². The van der Waals surface area contributed by atoms with Crippen molar-refractivity contribution < 1.29 is 4.74 Å². The normalized spacial score (nSPS) is 20.3. The Balaban J connectivity index is 2.26. The Morgan fingerprint density at radius 3 is 2.89 bits per heavy atom. The van der Waals surface area contributed by atoms with Gasteiger partial charge in [0.2, 0.25) is 0 Å². The number of ether oxygens (including phenoxy) is 1. The summed E-state index contributed by atoms with van der Waals surface area (Å²) >= 11 is 0. The second-order valence-corrected chi connectivity index (χ2v) is 5.14. The smallest absolute Gasteiger partial charge is 0.119 e. The van der Waals surface area contributed by atoms with E-state index in [1.165, 1.54) is 36.8 Å². The molecule has 2 nitrogen and oxygen atoms in total. The van der Waals surface area contributed by atoms with Crippen molar-refractivity contribution in [1.82, 2.24) is 5.32 Å². The average molecular weight is 247 g/mol. The van der Waals surface area contributed by atoms with Gasteiger partial charge in [0, 0.05) is 6.04 Å². The Morgan fingerprint density at radius 2 is 2.22 bits per heavy atom. The van der Waals surface area contributed by atoms with Crippen LogP contribution in [0.5, 0.6) is 5.75 Å². The Hall–Kier alpha value is -1.02. The third kappa shape index (κ3) is 2.69. The van der Waals surface area contributed by atoms with E-state index in [1.807, 2.05) is 0 Å². The van der Waals surface area contributed by atoms with E-state index in [2.05, 4.69) is 37.4 Å². The van der Waals surface area contributed by atoms with Crippen LogP contribution < -0.4 is 10.1 Å². The van der Waals surface area contributed by atoms with Crippen molar-refractivity contribution in [3.63, 3.8) is 0 Å². The summed E-state index contributed by atoms with van der Waals surface area (Å²) in [5.41, 5.74) is 3.02. The molecule has 2 rings (SSSR count). The molecule has 0 aliphatic heterocycles. The van der Waals surface area contributed by atoms with Gasteiger partial charge in [0.25, 0.3) is 0 Å². The standard InChI is InChI=1S/C16H25NO/c1-4-16(17-5-2)15-8-6-7-12-11-13(18-3)9-10-14(12)15/h9-11,15-17H,4-8H2,1-3H3. The molecule has 0 amide bonds. The molecular weight excluding hydrogens is 222 g/mol. The zero-order chi connectivity index (χ0) is 13.0. The van der Waals surface area contributed by atoms with Crippen molar-refractivity contribution in [3.8, 4) is 5.75 Å². The lowest BCUT2D eigenvalue weighted by Gasteiger charge is -2.32. The summed E-state index contributed by atoms with van der Waals surface area (Å²) in [6, 6.07) is 7.22. The Labute approximate surface area is 111 Å². The number of likely N-dealkylation sites (N-methyl/N-ethyl adjacent to an activating group) is 1. The van der Waals surface area contributed by atoms with Gasteiger partial charge in [-0.3, -0.25) is 0 Å². The molecule has 1 N–H and O–H groups in total. The van der Waals surface area contributed by atoms with E-state index in [0.29, 0.717) is 12.0 Å². The molecular formula is C16H25NO.